The van der Waals surface area contributed by atoms with Gasteiger partial charge in [0.2, 0.25) is 0 Å². The standard InChI is InChI=1S/C35H41ClN2O6/c1-3-20-42-34(40)37-21-25-4-10-28(11-5-25)33-43-31(24(2)32(44-33)27-8-6-26(23-39)7-9-27)22-38-18-16-35(41,17-19-38)29-12-14-30(36)15-13-29/h3-15,24,31-33,39,41H,1,16-23H2,2H3,(H,37,40)/t24-,31+,32+,33+/m1/s1. The summed E-state index contributed by atoms with van der Waals surface area (Å²) < 4.78 is 18.2. The van der Waals surface area contributed by atoms with Crippen LogP contribution in [0.25, 0.3) is 0 Å². The molecule has 0 spiro atoms. The third kappa shape index (κ3) is 7.88. The zero-order valence-corrected chi connectivity index (χ0v) is 25.8. The number of amides is 1. The fraction of sp³-hybridized carbons (Fsp3) is 0.400. The van der Waals surface area contributed by atoms with Crippen LogP contribution in [0.15, 0.2) is 85.5 Å². The van der Waals surface area contributed by atoms with Gasteiger partial charge >= 0.3 is 6.09 Å². The molecule has 0 saturated carbocycles. The maximum Gasteiger partial charge on any atom is 0.407 e. The van der Waals surface area contributed by atoms with Gasteiger partial charge in [0.25, 0.3) is 0 Å². The fourth-order valence-corrected chi connectivity index (χ4v) is 6.02. The summed E-state index contributed by atoms with van der Waals surface area (Å²) in [6.45, 7) is 8.36. The molecule has 9 heteroatoms. The van der Waals surface area contributed by atoms with Crippen molar-refractivity contribution in [3.8, 4) is 0 Å². The Labute approximate surface area is 264 Å². The van der Waals surface area contributed by atoms with Crippen LogP contribution in [0.2, 0.25) is 5.02 Å². The van der Waals surface area contributed by atoms with Gasteiger partial charge in [-0.05, 0) is 47.2 Å². The molecule has 3 aromatic rings. The minimum Gasteiger partial charge on any atom is -0.445 e. The van der Waals surface area contributed by atoms with E-state index in [1.165, 1.54) is 6.08 Å². The predicted molar refractivity (Wildman–Crippen MR) is 169 cm³/mol. The van der Waals surface area contributed by atoms with Crippen LogP contribution in [0.5, 0.6) is 0 Å². The smallest absolute Gasteiger partial charge is 0.407 e. The quantitative estimate of drug-likeness (QED) is 0.238. The third-order valence-electron chi connectivity index (χ3n) is 8.65. The summed E-state index contributed by atoms with van der Waals surface area (Å²) in [4.78, 5) is 14.2. The molecule has 0 unspecified atom stereocenters. The van der Waals surface area contributed by atoms with Crippen LogP contribution in [-0.2, 0) is 33.0 Å². The molecule has 1 amide bonds. The number of ether oxygens (including phenoxy) is 3. The number of benzene rings is 3. The van der Waals surface area contributed by atoms with Crippen molar-refractivity contribution in [3.05, 3.63) is 118 Å². The number of aliphatic hydroxyl groups is 2. The summed E-state index contributed by atoms with van der Waals surface area (Å²) in [5, 5.41) is 24.3. The Hall–Kier alpha value is -3.24. The molecule has 5 rings (SSSR count). The minimum atomic E-state index is -0.873. The Bertz CT molecular complexity index is 1370. The van der Waals surface area contributed by atoms with E-state index in [4.69, 9.17) is 25.8 Å². The second-order valence-electron chi connectivity index (χ2n) is 11.6. The SMILES string of the molecule is C=CCOC(=O)NCc1ccc([C@H]2O[C@@H](CN3CCC(O)(c4ccc(Cl)cc4)CC3)[C@@H](C)[C@@H](c3ccc(CO)cc3)O2)cc1. The van der Waals surface area contributed by atoms with E-state index in [-0.39, 0.29) is 31.3 Å². The monoisotopic (exact) mass is 620 g/mol. The van der Waals surface area contributed by atoms with Gasteiger partial charge in [-0.2, -0.15) is 0 Å². The van der Waals surface area contributed by atoms with Crippen LogP contribution in [0.4, 0.5) is 4.79 Å². The molecular formula is C35H41ClN2O6. The highest BCUT2D eigenvalue weighted by Crippen LogP contribution is 2.42. The zero-order chi connectivity index (χ0) is 31.1. The molecule has 2 heterocycles. The van der Waals surface area contributed by atoms with Crippen molar-refractivity contribution in [2.75, 3.05) is 26.2 Å². The summed E-state index contributed by atoms with van der Waals surface area (Å²) in [5.74, 6) is 0.0494. The Morgan fingerprint density at radius 2 is 1.66 bits per heavy atom. The van der Waals surface area contributed by atoms with Gasteiger partial charge in [0.1, 0.15) is 6.61 Å². The van der Waals surface area contributed by atoms with Crippen molar-refractivity contribution in [3.63, 3.8) is 0 Å². The number of carbonyl (C=O) groups excluding carboxylic acids is 1. The van der Waals surface area contributed by atoms with Crippen molar-refractivity contribution in [2.24, 2.45) is 5.92 Å². The van der Waals surface area contributed by atoms with E-state index in [9.17, 15) is 15.0 Å². The molecule has 0 aromatic heterocycles. The van der Waals surface area contributed by atoms with E-state index < -0.39 is 18.0 Å². The van der Waals surface area contributed by atoms with Gasteiger partial charge in [0.15, 0.2) is 6.29 Å². The predicted octanol–water partition coefficient (Wildman–Crippen LogP) is 6.02. The molecule has 3 N–H and O–H groups in total. The van der Waals surface area contributed by atoms with Gasteiger partial charge < -0.3 is 34.6 Å². The number of piperidine rings is 1. The topological polar surface area (TPSA) is 100 Å². The number of hydrogen-bond acceptors (Lipinski definition) is 7. The van der Waals surface area contributed by atoms with Gasteiger partial charge in [0, 0.05) is 42.7 Å². The lowest BCUT2D eigenvalue weighted by molar-refractivity contribution is -0.277. The summed E-state index contributed by atoms with van der Waals surface area (Å²) in [5.41, 5.74) is 3.70. The fourth-order valence-electron chi connectivity index (χ4n) is 5.89. The number of hydrogen-bond donors (Lipinski definition) is 3. The second kappa shape index (κ2) is 14.7. The first kappa shape index (κ1) is 32.2. The lowest BCUT2D eigenvalue weighted by Gasteiger charge is -2.45. The van der Waals surface area contributed by atoms with Crippen molar-refractivity contribution < 1.29 is 29.2 Å². The Morgan fingerprint density at radius 3 is 2.30 bits per heavy atom. The lowest BCUT2D eigenvalue weighted by Crippen LogP contribution is -2.49. The highest BCUT2D eigenvalue weighted by atomic mass is 35.5. The highest BCUT2D eigenvalue weighted by Gasteiger charge is 2.41. The molecule has 44 heavy (non-hydrogen) atoms. The molecule has 8 nitrogen and oxygen atoms in total. The second-order valence-corrected chi connectivity index (χ2v) is 12.1. The largest absolute Gasteiger partial charge is 0.445 e. The van der Waals surface area contributed by atoms with Gasteiger partial charge in [0.05, 0.1) is 24.4 Å². The van der Waals surface area contributed by atoms with Gasteiger partial charge in [-0.1, -0.05) is 91.8 Å². The van der Waals surface area contributed by atoms with Gasteiger partial charge in [-0.15, -0.1) is 0 Å². The van der Waals surface area contributed by atoms with Crippen LogP contribution in [0, 0.1) is 5.92 Å². The molecule has 3 aromatic carbocycles. The van der Waals surface area contributed by atoms with E-state index in [1.807, 2.05) is 72.8 Å². The van der Waals surface area contributed by atoms with Crippen LogP contribution < -0.4 is 5.32 Å². The molecular weight excluding hydrogens is 580 g/mol. The number of carbonyl (C=O) groups is 1. The first-order valence-electron chi connectivity index (χ1n) is 15.1. The number of alkyl carbamates (subject to hydrolysis) is 1. The average molecular weight is 621 g/mol. The third-order valence-corrected chi connectivity index (χ3v) is 8.90. The molecule has 0 bridgehead atoms. The van der Waals surface area contributed by atoms with E-state index in [2.05, 4.69) is 23.7 Å². The Morgan fingerprint density at radius 1 is 1.02 bits per heavy atom. The van der Waals surface area contributed by atoms with Crippen molar-refractivity contribution in [1.29, 1.82) is 0 Å². The number of rotatable bonds is 10. The first-order chi connectivity index (χ1) is 21.3. The number of aliphatic hydroxyl groups excluding tert-OH is 1. The number of nitrogens with zero attached hydrogens (tertiary/aromatic N) is 1. The molecule has 0 radical (unpaired) electrons. The zero-order valence-electron chi connectivity index (χ0n) is 25.0. The van der Waals surface area contributed by atoms with Crippen LogP contribution >= 0.6 is 11.6 Å². The van der Waals surface area contributed by atoms with E-state index >= 15 is 0 Å². The summed E-state index contributed by atoms with van der Waals surface area (Å²) in [6, 6.07) is 23.2. The Kier molecular flexibility index (Phi) is 10.7. The van der Waals surface area contributed by atoms with E-state index in [0.29, 0.717) is 31.0 Å². The minimum absolute atomic E-state index is 0.0137. The highest BCUT2D eigenvalue weighted by molar-refractivity contribution is 6.30. The molecule has 2 saturated heterocycles. The average Bonchev–Trinajstić information content (AvgIpc) is 3.05. The summed E-state index contributed by atoms with van der Waals surface area (Å²) in [7, 11) is 0. The maximum absolute atomic E-state index is 11.8. The molecule has 2 fully saturated rings. The maximum atomic E-state index is 11.8. The number of halogens is 1. The van der Waals surface area contributed by atoms with E-state index in [0.717, 1.165) is 40.9 Å². The lowest BCUT2D eigenvalue weighted by atomic mass is 9.84. The van der Waals surface area contributed by atoms with Crippen molar-refractivity contribution in [1.82, 2.24) is 10.2 Å². The summed E-state index contributed by atoms with van der Waals surface area (Å²) in [6.07, 6.45) is 1.34. The van der Waals surface area contributed by atoms with Crippen LogP contribution in [0.1, 0.15) is 60.0 Å². The van der Waals surface area contributed by atoms with Gasteiger partial charge in [-0.25, -0.2) is 4.79 Å². The normalized spacial score (nSPS) is 23.5. The Balaban J connectivity index is 1.28. The van der Waals surface area contributed by atoms with Crippen molar-refractivity contribution in [2.45, 2.75) is 57.0 Å². The van der Waals surface area contributed by atoms with Crippen LogP contribution in [0.3, 0.4) is 0 Å². The molecule has 234 valence electrons. The molecule has 4 atom stereocenters. The summed E-state index contributed by atoms with van der Waals surface area (Å²) >= 11 is 6.07. The van der Waals surface area contributed by atoms with E-state index in [1.54, 1.807) is 0 Å². The number of likely N-dealkylation sites (tertiary alicyclic amines) is 1. The number of nitrogens with one attached hydrogen (secondary N) is 1. The molecule has 0 aliphatic carbocycles. The first-order valence-corrected chi connectivity index (χ1v) is 15.5. The molecule has 2 aliphatic rings. The van der Waals surface area contributed by atoms with Crippen LogP contribution in [-0.4, -0.2) is 53.6 Å². The van der Waals surface area contributed by atoms with Gasteiger partial charge in [-0.3, -0.25) is 0 Å². The molecule has 2 aliphatic heterocycles. The van der Waals surface area contributed by atoms with Crippen molar-refractivity contribution >= 4 is 17.7 Å².